The van der Waals surface area contributed by atoms with Crippen LogP contribution in [0.5, 0.6) is 0 Å². The van der Waals surface area contributed by atoms with Crippen LogP contribution in [0.1, 0.15) is 0 Å². The lowest BCUT2D eigenvalue weighted by Crippen LogP contribution is -2.61. The molecule has 0 radical (unpaired) electrons. The third-order valence-corrected chi connectivity index (χ3v) is 19.5. The highest BCUT2D eigenvalue weighted by atomic mass is 16.3. The first-order valence-corrected chi connectivity index (χ1v) is 31.3. The fourth-order valence-electron chi connectivity index (χ4n) is 15.7. The smallest absolute Gasteiger partial charge is 0.252 e. The molecule has 91 heavy (non-hydrogen) atoms. The Morgan fingerprint density at radius 2 is 0.582 bits per heavy atom. The summed E-state index contributed by atoms with van der Waals surface area (Å²) in [5.41, 5.74) is 26.6. The van der Waals surface area contributed by atoms with Crippen LogP contribution in [-0.2, 0) is 0 Å². The van der Waals surface area contributed by atoms with Crippen LogP contribution in [0.2, 0.25) is 0 Å². The molecule has 20 rings (SSSR count). The zero-order valence-corrected chi connectivity index (χ0v) is 49.1. The topological polar surface area (TPSA) is 42.6 Å². The second-order valence-corrected chi connectivity index (χ2v) is 24.2. The molecule has 0 saturated heterocycles. The second-order valence-electron chi connectivity index (χ2n) is 24.2. The van der Waals surface area contributed by atoms with Crippen LogP contribution < -0.4 is 26.2 Å². The molecule has 0 fully saturated rings. The molecule has 0 saturated carbocycles. The highest BCUT2D eigenvalue weighted by Crippen LogP contribution is 2.53. The van der Waals surface area contributed by atoms with E-state index in [-0.39, 0.29) is 6.71 Å². The summed E-state index contributed by atoms with van der Waals surface area (Å²) in [5.74, 6) is 0. The Balaban J connectivity index is 1.00. The summed E-state index contributed by atoms with van der Waals surface area (Å²) < 4.78 is 19.0. The van der Waals surface area contributed by atoms with Crippen LogP contribution in [0.4, 0.5) is 34.1 Å². The predicted octanol–water partition coefficient (Wildman–Crippen LogP) is 20.8. The maximum Gasteiger partial charge on any atom is 0.252 e. The van der Waals surface area contributed by atoms with Gasteiger partial charge in [-0.25, -0.2) is 0 Å². The number of para-hydroxylation sites is 8. The van der Waals surface area contributed by atoms with E-state index in [2.05, 4.69) is 328 Å². The van der Waals surface area contributed by atoms with E-state index >= 15 is 0 Å². The summed E-state index contributed by atoms with van der Waals surface area (Å²) in [7, 11) is 0. The van der Waals surface area contributed by atoms with Gasteiger partial charge >= 0.3 is 0 Å². The number of nitrogens with zero attached hydrogens (tertiary/aromatic N) is 4. The number of rotatable bonds is 7. The Kier molecular flexibility index (Phi) is 10.6. The lowest BCUT2D eigenvalue weighted by molar-refractivity contribution is 0.669. The van der Waals surface area contributed by atoms with Crippen LogP contribution in [0.15, 0.2) is 318 Å². The maximum atomic E-state index is 6.98. The van der Waals surface area contributed by atoms with Gasteiger partial charge < -0.3 is 27.8 Å². The van der Waals surface area contributed by atoms with Crippen molar-refractivity contribution in [1.82, 2.24) is 9.13 Å². The number of fused-ring (bicyclic) bond motifs is 16. The number of aromatic nitrogens is 2. The van der Waals surface area contributed by atoms with E-state index < -0.39 is 0 Å². The summed E-state index contributed by atoms with van der Waals surface area (Å²) in [6.07, 6.45) is 0. The van der Waals surface area contributed by atoms with Crippen molar-refractivity contribution in [3.8, 4) is 44.8 Å². The normalized spacial score (nSPS) is 12.8. The first kappa shape index (κ1) is 50.0. The number of benzene rings is 14. The van der Waals surface area contributed by atoms with E-state index in [0.717, 1.165) is 156 Å². The molecule has 0 unspecified atom stereocenters. The van der Waals surface area contributed by atoms with Crippen molar-refractivity contribution >= 4 is 145 Å². The lowest BCUT2D eigenvalue weighted by atomic mass is 9.33. The highest BCUT2D eigenvalue weighted by Gasteiger charge is 2.46. The van der Waals surface area contributed by atoms with Crippen molar-refractivity contribution in [1.29, 1.82) is 0 Å². The van der Waals surface area contributed by atoms with Crippen molar-refractivity contribution < 1.29 is 8.83 Å². The number of anilines is 6. The zero-order valence-electron chi connectivity index (χ0n) is 49.1. The standard InChI is InChI=1S/C84H51BN4O2/c1-3-24-52(25-4-1)55-28-7-15-36-67(55)88-75-48-63-61-34-13-21-44-79(61)90-81(63)50-65(75)85-66-51-82-64(62-35-14-22-45-80(62)91-82)49-76(66)89(68-37-16-8-29-56(68)53-26-5-2-6-27-53)78-47-54(46-77(88)84(78)85)83-73(86-69-38-17-9-30-57(69)58-31-10-18-39-70(58)86)42-23-43-74(83)87-71-40-19-11-32-59(71)60-33-12-20-41-72(60)87/h1-51H. The van der Waals surface area contributed by atoms with Crippen molar-refractivity contribution in [3.63, 3.8) is 0 Å². The van der Waals surface area contributed by atoms with Gasteiger partial charge in [-0.15, -0.1) is 0 Å². The summed E-state index contributed by atoms with van der Waals surface area (Å²) in [5, 5.41) is 9.07. The fourth-order valence-corrected chi connectivity index (χ4v) is 15.7. The molecule has 0 N–H and O–H groups in total. The Morgan fingerprint density at radius 1 is 0.231 bits per heavy atom. The van der Waals surface area contributed by atoms with E-state index in [1.54, 1.807) is 0 Å². The lowest BCUT2D eigenvalue weighted by Gasteiger charge is -2.45. The molecule has 6 heterocycles. The molecule has 0 amide bonds. The summed E-state index contributed by atoms with van der Waals surface area (Å²) in [6, 6.07) is 114. The summed E-state index contributed by atoms with van der Waals surface area (Å²) >= 11 is 0. The molecule has 2 aliphatic rings. The molecule has 14 aromatic carbocycles. The van der Waals surface area contributed by atoms with Crippen molar-refractivity contribution in [2.45, 2.75) is 0 Å². The molecule has 18 aromatic rings. The SMILES string of the molecule is c1ccc(-c2ccccc2N2c3cc4c(cc3B3c5cc6oc7ccccc7c6cc5N(c5ccccc5-c5ccccc5)c5cc(-c6c(-n7c8ccccc8c8ccccc87)cccc6-n6c7ccccc7c7ccccc76)cc2c53)oc2ccccc24)cc1. The van der Waals surface area contributed by atoms with Crippen molar-refractivity contribution in [3.05, 3.63) is 309 Å². The molecule has 0 bridgehead atoms. The predicted molar refractivity (Wildman–Crippen MR) is 380 cm³/mol. The van der Waals surface area contributed by atoms with Gasteiger partial charge in [0.15, 0.2) is 0 Å². The Morgan fingerprint density at radius 3 is 1.01 bits per heavy atom. The number of furan rings is 2. The largest absolute Gasteiger partial charge is 0.456 e. The van der Waals surface area contributed by atoms with Gasteiger partial charge in [-0.3, -0.25) is 0 Å². The van der Waals surface area contributed by atoms with Crippen LogP contribution in [0.3, 0.4) is 0 Å². The minimum absolute atomic E-state index is 0.302. The van der Waals surface area contributed by atoms with Gasteiger partial charge in [0.1, 0.15) is 22.3 Å². The number of hydrogen-bond donors (Lipinski definition) is 0. The van der Waals surface area contributed by atoms with Gasteiger partial charge in [-0.05, 0) is 130 Å². The maximum absolute atomic E-state index is 6.98. The van der Waals surface area contributed by atoms with Crippen LogP contribution >= 0.6 is 0 Å². The molecular weight excluding hydrogens is 1110 g/mol. The van der Waals surface area contributed by atoms with Crippen molar-refractivity contribution in [2.75, 3.05) is 9.80 Å². The average molecular weight is 1160 g/mol. The molecular formula is C84H51BN4O2. The number of hydrogen-bond acceptors (Lipinski definition) is 4. The van der Waals surface area contributed by atoms with Gasteiger partial charge in [0.05, 0.1) is 44.8 Å². The molecule has 6 nitrogen and oxygen atoms in total. The van der Waals surface area contributed by atoms with Gasteiger partial charge in [0.25, 0.3) is 6.71 Å². The minimum Gasteiger partial charge on any atom is -0.456 e. The van der Waals surface area contributed by atoms with E-state index in [0.29, 0.717) is 0 Å². The monoisotopic (exact) mass is 1160 g/mol. The van der Waals surface area contributed by atoms with E-state index in [9.17, 15) is 0 Å². The molecule has 0 atom stereocenters. The Hall–Kier alpha value is -12.1. The first-order valence-electron chi connectivity index (χ1n) is 31.3. The van der Waals surface area contributed by atoms with E-state index in [1.807, 2.05) is 0 Å². The Labute approximate surface area is 523 Å². The molecule has 7 heteroatoms. The summed E-state index contributed by atoms with van der Waals surface area (Å²) in [4.78, 5) is 5.18. The molecule has 422 valence electrons. The minimum atomic E-state index is -0.302. The van der Waals surface area contributed by atoms with Gasteiger partial charge in [-0.1, -0.05) is 212 Å². The average Bonchev–Trinajstić information content (AvgIpc) is 1.56. The molecule has 4 aromatic heterocycles. The van der Waals surface area contributed by atoms with Crippen molar-refractivity contribution in [2.24, 2.45) is 0 Å². The molecule has 0 aliphatic carbocycles. The quantitative estimate of drug-likeness (QED) is 0.149. The molecule has 0 spiro atoms. The van der Waals surface area contributed by atoms with Gasteiger partial charge in [0.2, 0.25) is 0 Å². The van der Waals surface area contributed by atoms with Crippen LogP contribution in [0, 0.1) is 0 Å². The second kappa shape index (κ2) is 19.2. The summed E-state index contributed by atoms with van der Waals surface area (Å²) in [6.45, 7) is -0.302. The Bertz CT molecular complexity index is 5600. The van der Waals surface area contributed by atoms with Crippen LogP contribution in [-0.4, -0.2) is 15.8 Å². The van der Waals surface area contributed by atoms with Gasteiger partial charge in [0, 0.05) is 82.5 Å². The zero-order chi connectivity index (χ0) is 59.4. The van der Waals surface area contributed by atoms with E-state index in [4.69, 9.17) is 8.83 Å². The van der Waals surface area contributed by atoms with Gasteiger partial charge in [-0.2, -0.15) is 0 Å². The fraction of sp³-hybridized carbons (Fsp3) is 0. The first-order chi connectivity index (χ1) is 45.2. The highest BCUT2D eigenvalue weighted by molar-refractivity contribution is 7.00. The van der Waals surface area contributed by atoms with Crippen LogP contribution in [0.25, 0.3) is 132 Å². The molecule has 2 aliphatic heterocycles. The third kappa shape index (κ3) is 7.20. The van der Waals surface area contributed by atoms with E-state index in [1.165, 1.54) is 27.0 Å². The third-order valence-electron chi connectivity index (χ3n) is 19.5.